The Bertz CT molecular complexity index is 122. The summed E-state index contributed by atoms with van der Waals surface area (Å²) in [4.78, 5) is 21.3. The Morgan fingerprint density at radius 3 is 2.62 bits per heavy atom. The predicted molar refractivity (Wildman–Crippen MR) is 26.6 cm³/mol. The van der Waals surface area contributed by atoms with Gasteiger partial charge in [-0.2, -0.15) is 0 Å². The number of likely N-dealkylation sites (tertiary alicyclic amines) is 1. The molecule has 0 N–H and O–H groups in total. The van der Waals surface area contributed by atoms with Gasteiger partial charge in [0.2, 0.25) is 5.91 Å². The van der Waals surface area contributed by atoms with E-state index < -0.39 is 0 Å². The third kappa shape index (κ3) is 0.710. The van der Waals surface area contributed by atoms with E-state index in [4.69, 9.17) is 0 Å². The summed E-state index contributed by atoms with van der Waals surface area (Å²) in [6.45, 7) is 0.558. The van der Waals surface area contributed by atoms with Crippen molar-refractivity contribution in [2.45, 2.75) is 12.8 Å². The normalized spacial score (nSPS) is 19.5. The number of hydrogen-bond donors (Lipinski definition) is 0. The molecule has 0 bridgehead atoms. The first-order chi connectivity index (χ1) is 3.84. The summed E-state index contributed by atoms with van der Waals surface area (Å²) in [7, 11) is 0. The number of hydrogen-bond acceptors (Lipinski definition) is 2. The molecule has 1 saturated heterocycles. The molecule has 0 aromatic rings. The minimum atomic E-state index is -0.0972. The van der Waals surface area contributed by atoms with Crippen molar-refractivity contribution < 1.29 is 9.59 Å². The van der Waals surface area contributed by atoms with Crippen LogP contribution in [0.3, 0.4) is 0 Å². The van der Waals surface area contributed by atoms with E-state index in [1.165, 1.54) is 0 Å². The van der Waals surface area contributed by atoms with Crippen molar-refractivity contribution in [2.75, 3.05) is 6.54 Å². The highest BCUT2D eigenvalue weighted by Gasteiger charge is 2.19. The zero-order valence-corrected chi connectivity index (χ0v) is 4.39. The first kappa shape index (κ1) is 5.28. The number of amides is 2. The van der Waals surface area contributed by atoms with Crippen molar-refractivity contribution in [2.24, 2.45) is 0 Å². The van der Waals surface area contributed by atoms with Gasteiger partial charge in [0.25, 0.3) is 0 Å². The summed E-state index contributed by atoms with van der Waals surface area (Å²) in [5.41, 5.74) is 0. The molecule has 1 radical (unpaired) electrons. The second-order valence-electron chi connectivity index (χ2n) is 1.74. The molecule has 0 unspecified atom stereocenters. The van der Waals surface area contributed by atoms with E-state index in [1.807, 2.05) is 0 Å². The Hall–Kier alpha value is -0.860. The highest BCUT2D eigenvalue weighted by molar-refractivity contribution is 5.87. The van der Waals surface area contributed by atoms with Crippen LogP contribution in [0.2, 0.25) is 0 Å². The third-order valence-electron chi connectivity index (χ3n) is 1.18. The van der Waals surface area contributed by atoms with Crippen LogP contribution in [0.15, 0.2) is 0 Å². The van der Waals surface area contributed by atoms with E-state index in [1.54, 1.807) is 6.41 Å². The van der Waals surface area contributed by atoms with Gasteiger partial charge in [0, 0.05) is 13.0 Å². The van der Waals surface area contributed by atoms with E-state index in [0.29, 0.717) is 13.0 Å². The molecule has 0 saturated carbocycles. The molecule has 1 fully saturated rings. The Morgan fingerprint density at radius 1 is 1.62 bits per heavy atom. The van der Waals surface area contributed by atoms with Gasteiger partial charge in [-0.3, -0.25) is 14.5 Å². The molecular weight excluding hydrogens is 106 g/mol. The van der Waals surface area contributed by atoms with Gasteiger partial charge in [0.1, 0.15) is 0 Å². The van der Waals surface area contributed by atoms with Crippen molar-refractivity contribution in [3.8, 4) is 0 Å². The molecular formula is C5H6NO2. The SMILES string of the molecule is O=[C]N1CCCC1=O. The van der Waals surface area contributed by atoms with Gasteiger partial charge in [-0.25, -0.2) is 0 Å². The lowest BCUT2D eigenvalue weighted by atomic mass is 10.4. The van der Waals surface area contributed by atoms with Crippen LogP contribution in [-0.2, 0) is 9.59 Å². The van der Waals surface area contributed by atoms with Gasteiger partial charge in [-0.1, -0.05) is 0 Å². The molecule has 0 aromatic carbocycles. The number of carbonyl (C=O) groups excluding carboxylic acids is 2. The number of carbonyl (C=O) groups is 1. The van der Waals surface area contributed by atoms with Crippen LogP contribution in [0.25, 0.3) is 0 Å². The van der Waals surface area contributed by atoms with Gasteiger partial charge < -0.3 is 0 Å². The second-order valence-corrected chi connectivity index (χ2v) is 1.74. The fraction of sp³-hybridized carbons (Fsp3) is 0.600. The quantitative estimate of drug-likeness (QED) is 0.466. The Kier molecular flexibility index (Phi) is 1.28. The largest absolute Gasteiger partial charge is 0.319 e. The summed E-state index contributed by atoms with van der Waals surface area (Å²) < 4.78 is 0. The van der Waals surface area contributed by atoms with Crippen molar-refractivity contribution in [1.82, 2.24) is 4.90 Å². The smallest absolute Gasteiger partial charge is 0.274 e. The Balaban J connectivity index is 2.54. The van der Waals surface area contributed by atoms with Crippen LogP contribution in [0.5, 0.6) is 0 Å². The summed E-state index contributed by atoms with van der Waals surface area (Å²) in [6.07, 6.45) is 2.86. The summed E-state index contributed by atoms with van der Waals surface area (Å²) in [5.74, 6) is -0.0972. The fourth-order valence-electron chi connectivity index (χ4n) is 0.745. The summed E-state index contributed by atoms with van der Waals surface area (Å²) in [6, 6.07) is 0. The Morgan fingerprint density at radius 2 is 2.38 bits per heavy atom. The zero-order valence-electron chi connectivity index (χ0n) is 4.39. The average Bonchev–Trinajstić information content (AvgIpc) is 2.14. The molecule has 0 spiro atoms. The van der Waals surface area contributed by atoms with Crippen molar-refractivity contribution in [3.63, 3.8) is 0 Å². The molecule has 43 valence electrons. The maximum absolute atomic E-state index is 10.5. The maximum Gasteiger partial charge on any atom is 0.319 e. The molecule has 1 rings (SSSR count). The predicted octanol–water partition coefficient (Wildman–Crippen LogP) is -0.324. The van der Waals surface area contributed by atoms with E-state index in [9.17, 15) is 9.59 Å². The second kappa shape index (κ2) is 1.94. The highest BCUT2D eigenvalue weighted by Crippen LogP contribution is 2.05. The van der Waals surface area contributed by atoms with Gasteiger partial charge in [-0.05, 0) is 6.42 Å². The van der Waals surface area contributed by atoms with Crippen molar-refractivity contribution in [1.29, 1.82) is 0 Å². The molecule has 3 nitrogen and oxygen atoms in total. The van der Waals surface area contributed by atoms with Crippen LogP contribution in [-0.4, -0.2) is 23.8 Å². The van der Waals surface area contributed by atoms with Crippen LogP contribution in [0.1, 0.15) is 12.8 Å². The average molecular weight is 112 g/mol. The van der Waals surface area contributed by atoms with E-state index in [0.717, 1.165) is 11.3 Å². The molecule has 0 atom stereocenters. The third-order valence-corrected chi connectivity index (χ3v) is 1.18. The number of imide groups is 1. The molecule has 2 amide bonds. The van der Waals surface area contributed by atoms with E-state index in [-0.39, 0.29) is 5.91 Å². The summed E-state index contributed by atoms with van der Waals surface area (Å²) >= 11 is 0. The van der Waals surface area contributed by atoms with Crippen LogP contribution >= 0.6 is 0 Å². The molecule has 1 aliphatic heterocycles. The summed E-state index contributed by atoms with van der Waals surface area (Å²) in [5, 5.41) is 0. The van der Waals surface area contributed by atoms with Gasteiger partial charge in [0.15, 0.2) is 0 Å². The lowest BCUT2D eigenvalue weighted by molar-refractivity contribution is -0.124. The lowest BCUT2D eigenvalue weighted by Gasteiger charge is -1.99. The molecule has 3 heteroatoms. The van der Waals surface area contributed by atoms with Gasteiger partial charge >= 0.3 is 6.41 Å². The maximum atomic E-state index is 10.5. The monoisotopic (exact) mass is 112 g/mol. The first-order valence-corrected chi connectivity index (χ1v) is 2.53. The molecule has 0 aliphatic carbocycles. The zero-order chi connectivity index (χ0) is 5.98. The highest BCUT2D eigenvalue weighted by atomic mass is 16.2. The van der Waals surface area contributed by atoms with Gasteiger partial charge in [-0.15, -0.1) is 0 Å². The molecule has 8 heavy (non-hydrogen) atoms. The fourth-order valence-corrected chi connectivity index (χ4v) is 0.745. The standard InChI is InChI=1S/C5H6NO2/c7-4-6-3-1-2-5(6)8/h1-3H2. The molecule has 0 aromatic heterocycles. The number of nitrogens with zero attached hydrogens (tertiary/aromatic N) is 1. The lowest BCUT2D eigenvalue weighted by Crippen LogP contribution is -2.21. The minimum Gasteiger partial charge on any atom is -0.274 e. The van der Waals surface area contributed by atoms with Crippen LogP contribution in [0, 0.1) is 0 Å². The van der Waals surface area contributed by atoms with Gasteiger partial charge in [0.05, 0.1) is 0 Å². The van der Waals surface area contributed by atoms with E-state index >= 15 is 0 Å². The van der Waals surface area contributed by atoms with Crippen molar-refractivity contribution in [3.05, 3.63) is 0 Å². The van der Waals surface area contributed by atoms with Crippen LogP contribution < -0.4 is 0 Å². The minimum absolute atomic E-state index is 0.0972. The number of rotatable bonds is 1. The topological polar surface area (TPSA) is 37.4 Å². The Labute approximate surface area is 47.3 Å². The molecule has 1 heterocycles. The van der Waals surface area contributed by atoms with E-state index in [2.05, 4.69) is 0 Å². The molecule has 1 aliphatic rings. The van der Waals surface area contributed by atoms with Crippen molar-refractivity contribution >= 4 is 12.3 Å². The van der Waals surface area contributed by atoms with Crippen LogP contribution in [0.4, 0.5) is 0 Å². The first-order valence-electron chi connectivity index (χ1n) is 2.53.